The van der Waals surface area contributed by atoms with Crippen LogP contribution in [-0.4, -0.2) is 27.4 Å². The van der Waals surface area contributed by atoms with Gasteiger partial charge >= 0.3 is 0 Å². The summed E-state index contributed by atoms with van der Waals surface area (Å²) in [4.78, 5) is 14.7. The van der Waals surface area contributed by atoms with Crippen molar-refractivity contribution < 1.29 is 13.2 Å². The molecule has 2 aliphatic carbocycles. The number of nitrogens with one attached hydrogen (secondary N) is 1. The Bertz CT molecular complexity index is 888. The normalized spacial score (nSPS) is 21.8. The predicted octanol–water partition coefficient (Wildman–Crippen LogP) is 4.38. The van der Waals surface area contributed by atoms with Gasteiger partial charge in [0, 0.05) is 24.2 Å². The summed E-state index contributed by atoms with van der Waals surface area (Å²) in [6.07, 6.45) is 11.7. The minimum atomic E-state index is -3.59. The number of amides is 1. The minimum Gasteiger partial charge on any atom is -0.311 e. The van der Waals surface area contributed by atoms with Crippen LogP contribution in [-0.2, 0) is 14.8 Å². The summed E-state index contributed by atoms with van der Waals surface area (Å²) >= 11 is 0. The van der Waals surface area contributed by atoms with Crippen LogP contribution in [0.2, 0.25) is 0 Å². The number of allylic oxidation sites excluding steroid dienone is 1. The fourth-order valence-corrected chi connectivity index (χ4v) is 6.15. The number of nitrogens with zero attached hydrogens (tertiary/aromatic N) is 1. The molecule has 1 aliphatic heterocycles. The molecular weight excluding hydrogens is 372 g/mol. The molecule has 3 aliphatic rings. The lowest BCUT2D eigenvalue weighted by atomic mass is 9.97. The Kier molecular flexibility index (Phi) is 5.61. The van der Waals surface area contributed by atoms with E-state index in [-0.39, 0.29) is 16.8 Å². The summed E-state index contributed by atoms with van der Waals surface area (Å²) in [6, 6.07) is 5.14. The third kappa shape index (κ3) is 3.77. The second-order valence-corrected chi connectivity index (χ2v) is 10.1. The second-order valence-electron chi connectivity index (χ2n) is 8.39. The minimum absolute atomic E-state index is 0.00516. The van der Waals surface area contributed by atoms with Gasteiger partial charge in [0.05, 0.1) is 10.6 Å². The van der Waals surface area contributed by atoms with Crippen molar-refractivity contribution in [2.75, 3.05) is 11.9 Å². The maximum Gasteiger partial charge on any atom is 0.258 e. The molecule has 4 rings (SSSR count). The molecule has 152 valence electrons. The van der Waals surface area contributed by atoms with Gasteiger partial charge in [-0.25, -0.2) is 13.1 Å². The number of hydrogen-bond donors (Lipinski definition) is 1. The van der Waals surface area contributed by atoms with E-state index >= 15 is 0 Å². The third-order valence-electron chi connectivity index (χ3n) is 6.42. The van der Waals surface area contributed by atoms with Crippen molar-refractivity contribution in [2.45, 2.75) is 81.6 Å². The van der Waals surface area contributed by atoms with Crippen molar-refractivity contribution in [1.29, 1.82) is 0 Å². The fourth-order valence-electron chi connectivity index (χ4n) is 4.82. The highest BCUT2D eigenvalue weighted by Crippen LogP contribution is 2.42. The zero-order chi connectivity index (χ0) is 19.7. The zero-order valence-electron chi connectivity index (χ0n) is 16.7. The first-order chi connectivity index (χ1) is 13.5. The smallest absolute Gasteiger partial charge is 0.258 e. The van der Waals surface area contributed by atoms with E-state index < -0.39 is 10.0 Å². The van der Waals surface area contributed by atoms with Crippen molar-refractivity contribution in [3.63, 3.8) is 0 Å². The van der Waals surface area contributed by atoms with Crippen molar-refractivity contribution in [3.05, 3.63) is 29.3 Å². The maximum atomic E-state index is 13.1. The molecule has 28 heavy (non-hydrogen) atoms. The van der Waals surface area contributed by atoms with E-state index in [0.29, 0.717) is 0 Å². The number of sulfonamides is 1. The molecular formula is C22H30N2O3S. The zero-order valence-corrected chi connectivity index (χ0v) is 17.5. The predicted molar refractivity (Wildman–Crippen MR) is 112 cm³/mol. The Hall–Kier alpha value is -1.66. The third-order valence-corrected chi connectivity index (χ3v) is 7.93. The molecule has 0 aromatic heterocycles. The first-order valence-electron chi connectivity index (χ1n) is 10.6. The van der Waals surface area contributed by atoms with Gasteiger partial charge in [-0.15, -0.1) is 0 Å². The molecule has 1 aromatic rings. The summed E-state index contributed by atoms with van der Waals surface area (Å²) in [5.41, 5.74) is 3.50. The van der Waals surface area contributed by atoms with Crippen LogP contribution in [0.1, 0.15) is 76.2 Å². The summed E-state index contributed by atoms with van der Waals surface area (Å²) in [7, 11) is -1.83. The lowest BCUT2D eigenvalue weighted by Crippen LogP contribution is -2.35. The molecule has 1 aromatic carbocycles. The fraction of sp³-hybridized carbons (Fsp3) is 0.591. The number of likely N-dealkylation sites (N-methyl/N-ethyl adjacent to an activating group) is 1. The number of fused-ring (bicyclic) bond motifs is 1. The lowest BCUT2D eigenvalue weighted by molar-refractivity contribution is -0.112. The van der Waals surface area contributed by atoms with Crippen molar-refractivity contribution in [2.24, 2.45) is 0 Å². The van der Waals surface area contributed by atoms with Gasteiger partial charge in [-0.05, 0) is 56.7 Å². The Morgan fingerprint density at radius 1 is 0.964 bits per heavy atom. The van der Waals surface area contributed by atoms with Crippen molar-refractivity contribution in [3.8, 4) is 0 Å². The summed E-state index contributed by atoms with van der Waals surface area (Å²) in [5, 5.41) is 0. The molecule has 0 unspecified atom stereocenters. The van der Waals surface area contributed by atoms with Crippen LogP contribution in [0.3, 0.4) is 0 Å². The Balaban J connectivity index is 1.64. The molecule has 6 heteroatoms. The van der Waals surface area contributed by atoms with Crippen LogP contribution in [0, 0.1) is 0 Å². The van der Waals surface area contributed by atoms with E-state index in [9.17, 15) is 13.2 Å². The molecule has 0 atom stereocenters. The summed E-state index contributed by atoms with van der Waals surface area (Å²) < 4.78 is 29.1. The molecule has 1 N–H and O–H groups in total. The van der Waals surface area contributed by atoms with E-state index in [1.54, 1.807) is 30.1 Å². The Morgan fingerprint density at radius 2 is 1.61 bits per heavy atom. The maximum absolute atomic E-state index is 13.1. The van der Waals surface area contributed by atoms with Gasteiger partial charge in [-0.3, -0.25) is 4.79 Å². The van der Waals surface area contributed by atoms with Gasteiger partial charge in [0.25, 0.3) is 5.91 Å². The molecule has 0 radical (unpaired) electrons. The average Bonchev–Trinajstić information content (AvgIpc) is 3.24. The molecule has 1 amide bonds. The highest BCUT2D eigenvalue weighted by atomic mass is 32.2. The van der Waals surface area contributed by atoms with Crippen LogP contribution in [0.5, 0.6) is 0 Å². The number of benzene rings is 1. The Morgan fingerprint density at radius 3 is 2.29 bits per heavy atom. The van der Waals surface area contributed by atoms with E-state index in [1.165, 1.54) is 24.8 Å². The first kappa shape index (κ1) is 19.6. The molecule has 0 bridgehead atoms. The van der Waals surface area contributed by atoms with Crippen molar-refractivity contribution >= 4 is 27.2 Å². The number of anilines is 1. The van der Waals surface area contributed by atoms with Gasteiger partial charge < -0.3 is 4.90 Å². The van der Waals surface area contributed by atoms with Crippen LogP contribution in [0.15, 0.2) is 28.7 Å². The van der Waals surface area contributed by atoms with Gasteiger partial charge in [0.2, 0.25) is 10.0 Å². The SMILES string of the molecule is CN1C(=O)C(=C2CCCC2)c2cc(S(=O)(=O)NC3CCCCCCC3)ccc21. The summed E-state index contributed by atoms with van der Waals surface area (Å²) in [6.45, 7) is 0. The molecule has 2 saturated carbocycles. The summed E-state index contributed by atoms with van der Waals surface area (Å²) in [5.74, 6) is -0.00516. The molecule has 0 spiro atoms. The molecule has 5 nitrogen and oxygen atoms in total. The van der Waals surface area contributed by atoms with E-state index in [1.807, 2.05) is 0 Å². The molecule has 1 heterocycles. The van der Waals surface area contributed by atoms with Crippen molar-refractivity contribution in [1.82, 2.24) is 4.72 Å². The van der Waals surface area contributed by atoms with Gasteiger partial charge in [0.1, 0.15) is 0 Å². The molecule has 0 saturated heterocycles. The van der Waals surface area contributed by atoms with E-state index in [2.05, 4.69) is 4.72 Å². The monoisotopic (exact) mass is 402 g/mol. The topological polar surface area (TPSA) is 66.5 Å². The van der Waals surface area contributed by atoms with Gasteiger partial charge in [0.15, 0.2) is 0 Å². The van der Waals surface area contributed by atoms with Gasteiger partial charge in [-0.1, -0.05) is 37.7 Å². The Labute approximate surface area is 168 Å². The molecule has 2 fully saturated rings. The number of hydrogen-bond acceptors (Lipinski definition) is 3. The quantitative estimate of drug-likeness (QED) is 0.763. The number of carbonyl (C=O) groups is 1. The average molecular weight is 403 g/mol. The lowest BCUT2D eigenvalue weighted by Gasteiger charge is -2.21. The van der Waals surface area contributed by atoms with Crippen LogP contribution >= 0.6 is 0 Å². The van der Waals surface area contributed by atoms with Gasteiger partial charge in [-0.2, -0.15) is 0 Å². The van der Waals surface area contributed by atoms with Crippen LogP contribution in [0.25, 0.3) is 5.57 Å². The second kappa shape index (κ2) is 7.99. The largest absolute Gasteiger partial charge is 0.311 e. The van der Waals surface area contributed by atoms with E-state index in [4.69, 9.17) is 0 Å². The number of rotatable bonds is 3. The van der Waals surface area contributed by atoms with Crippen LogP contribution < -0.4 is 9.62 Å². The standard InChI is InChI=1S/C22H30N2O3S/c1-24-20-14-13-18(15-19(20)21(22(24)25)16-9-7-8-10-16)28(26,27)23-17-11-5-3-2-4-6-12-17/h13-15,17,23H,2-12H2,1H3. The highest BCUT2D eigenvalue weighted by Gasteiger charge is 2.34. The first-order valence-corrected chi connectivity index (χ1v) is 12.1. The number of carbonyl (C=O) groups excluding carboxylic acids is 1. The highest BCUT2D eigenvalue weighted by molar-refractivity contribution is 7.89. The van der Waals surface area contributed by atoms with Crippen LogP contribution in [0.4, 0.5) is 5.69 Å². The van der Waals surface area contributed by atoms with E-state index in [0.717, 1.165) is 68.2 Å².